The zero-order valence-corrected chi connectivity index (χ0v) is 10.2. The van der Waals surface area contributed by atoms with Gasteiger partial charge in [0.2, 0.25) is 5.91 Å². The minimum atomic E-state index is 0.157. The number of amides is 1. The fourth-order valence-electron chi connectivity index (χ4n) is 1.79. The molecule has 1 N–H and O–H groups in total. The van der Waals surface area contributed by atoms with Crippen molar-refractivity contribution in [2.45, 2.75) is 45.6 Å². The molecule has 1 amide bonds. The van der Waals surface area contributed by atoms with Crippen molar-refractivity contribution < 1.29 is 4.79 Å². The summed E-state index contributed by atoms with van der Waals surface area (Å²) in [5, 5.41) is 3.10. The molecule has 0 aliphatic rings. The summed E-state index contributed by atoms with van der Waals surface area (Å²) < 4.78 is 0. The van der Waals surface area contributed by atoms with Gasteiger partial charge in [0.25, 0.3) is 0 Å². The topological polar surface area (TPSA) is 29.1 Å². The number of hydrogen-bond donors (Lipinski definition) is 1. The first-order valence-corrected chi connectivity index (χ1v) is 6.12. The fraction of sp³-hybridized carbons (Fsp3) is 0.500. The zero-order valence-electron chi connectivity index (χ0n) is 10.2. The molecule has 1 aromatic rings. The Kier molecular flexibility index (Phi) is 5.62. The lowest BCUT2D eigenvalue weighted by Crippen LogP contribution is -2.28. The van der Waals surface area contributed by atoms with Gasteiger partial charge in [0, 0.05) is 6.42 Å². The van der Waals surface area contributed by atoms with Gasteiger partial charge in [-0.15, -0.1) is 0 Å². The minimum absolute atomic E-state index is 0.157. The van der Waals surface area contributed by atoms with E-state index in [1.54, 1.807) is 0 Å². The molecule has 0 aliphatic heterocycles. The Morgan fingerprint density at radius 1 is 1.19 bits per heavy atom. The van der Waals surface area contributed by atoms with Crippen molar-refractivity contribution in [1.29, 1.82) is 0 Å². The highest BCUT2D eigenvalue weighted by Crippen LogP contribution is 2.18. The lowest BCUT2D eigenvalue weighted by molar-refractivity contribution is -0.121. The summed E-state index contributed by atoms with van der Waals surface area (Å²) in [5.74, 6) is 0.157. The van der Waals surface area contributed by atoms with Crippen molar-refractivity contribution in [3.63, 3.8) is 0 Å². The number of rotatable bonds is 6. The molecule has 0 heterocycles. The van der Waals surface area contributed by atoms with E-state index in [2.05, 4.69) is 24.4 Å². The minimum Gasteiger partial charge on any atom is -0.349 e. The average molecular weight is 219 g/mol. The van der Waals surface area contributed by atoms with Gasteiger partial charge >= 0.3 is 0 Å². The van der Waals surface area contributed by atoms with E-state index in [-0.39, 0.29) is 11.9 Å². The van der Waals surface area contributed by atoms with Crippen LogP contribution in [0, 0.1) is 0 Å². The summed E-state index contributed by atoms with van der Waals surface area (Å²) in [5.41, 5.74) is 1.20. The van der Waals surface area contributed by atoms with Crippen LogP contribution in [0.1, 0.15) is 51.1 Å². The number of hydrogen-bond acceptors (Lipinski definition) is 1. The van der Waals surface area contributed by atoms with Gasteiger partial charge in [-0.05, 0) is 18.4 Å². The third-order valence-electron chi connectivity index (χ3n) is 2.59. The molecule has 0 fully saturated rings. The first-order chi connectivity index (χ1) is 7.77. The van der Waals surface area contributed by atoms with Gasteiger partial charge in [-0.25, -0.2) is 0 Å². The molecule has 0 aromatic heterocycles. The highest BCUT2D eigenvalue weighted by Gasteiger charge is 2.12. The van der Waals surface area contributed by atoms with Crippen LogP contribution in [0.2, 0.25) is 0 Å². The lowest BCUT2D eigenvalue weighted by Gasteiger charge is -2.18. The Labute approximate surface area is 98.1 Å². The molecule has 16 heavy (non-hydrogen) atoms. The maximum Gasteiger partial charge on any atom is 0.220 e. The van der Waals surface area contributed by atoms with E-state index in [4.69, 9.17) is 0 Å². The Morgan fingerprint density at radius 3 is 2.44 bits per heavy atom. The number of nitrogens with one attached hydrogen (secondary N) is 1. The van der Waals surface area contributed by atoms with Crippen molar-refractivity contribution in [3.8, 4) is 0 Å². The molecule has 0 bridgehead atoms. The molecule has 0 spiro atoms. The molecule has 0 saturated heterocycles. The zero-order chi connectivity index (χ0) is 11.8. The second-order valence-electron chi connectivity index (χ2n) is 4.07. The summed E-state index contributed by atoms with van der Waals surface area (Å²) in [6.45, 7) is 4.17. The molecule has 0 radical (unpaired) electrons. The third-order valence-corrected chi connectivity index (χ3v) is 2.59. The first kappa shape index (κ1) is 12.8. The SMILES string of the molecule is CCCC(=O)NC(CCC)c1ccccc1. The molecule has 2 heteroatoms. The van der Waals surface area contributed by atoms with E-state index in [0.717, 1.165) is 19.3 Å². The first-order valence-electron chi connectivity index (χ1n) is 6.12. The summed E-state index contributed by atoms with van der Waals surface area (Å²) in [7, 11) is 0. The van der Waals surface area contributed by atoms with Crippen LogP contribution in [0.15, 0.2) is 30.3 Å². The van der Waals surface area contributed by atoms with Crippen LogP contribution in [-0.4, -0.2) is 5.91 Å². The van der Waals surface area contributed by atoms with Crippen molar-refractivity contribution >= 4 is 5.91 Å². The molecule has 1 aromatic carbocycles. The second-order valence-corrected chi connectivity index (χ2v) is 4.07. The standard InChI is InChI=1S/C14H21NO/c1-3-8-13(15-14(16)9-4-2)12-10-6-5-7-11-12/h5-7,10-11,13H,3-4,8-9H2,1-2H3,(H,15,16). The van der Waals surface area contributed by atoms with Crippen molar-refractivity contribution in [1.82, 2.24) is 5.32 Å². The highest BCUT2D eigenvalue weighted by atomic mass is 16.1. The Bertz CT molecular complexity index is 308. The van der Waals surface area contributed by atoms with Crippen molar-refractivity contribution in [2.24, 2.45) is 0 Å². The quantitative estimate of drug-likeness (QED) is 0.780. The van der Waals surface area contributed by atoms with E-state index in [1.165, 1.54) is 5.56 Å². The van der Waals surface area contributed by atoms with Gasteiger partial charge in [0.15, 0.2) is 0 Å². The number of carbonyl (C=O) groups is 1. The maximum atomic E-state index is 11.6. The molecular formula is C14H21NO. The smallest absolute Gasteiger partial charge is 0.220 e. The Balaban J connectivity index is 2.64. The van der Waals surface area contributed by atoms with Gasteiger partial charge in [-0.2, -0.15) is 0 Å². The third kappa shape index (κ3) is 4.05. The molecule has 2 nitrogen and oxygen atoms in total. The summed E-state index contributed by atoms with van der Waals surface area (Å²) >= 11 is 0. The van der Waals surface area contributed by atoms with Crippen LogP contribution >= 0.6 is 0 Å². The second kappa shape index (κ2) is 7.04. The lowest BCUT2D eigenvalue weighted by atomic mass is 10.0. The van der Waals surface area contributed by atoms with E-state index >= 15 is 0 Å². The van der Waals surface area contributed by atoms with E-state index in [0.29, 0.717) is 6.42 Å². The summed E-state index contributed by atoms with van der Waals surface area (Å²) in [6.07, 6.45) is 3.60. The molecule has 0 aliphatic carbocycles. The van der Waals surface area contributed by atoms with Crippen LogP contribution in [0.25, 0.3) is 0 Å². The fourth-order valence-corrected chi connectivity index (χ4v) is 1.79. The molecule has 1 atom stereocenters. The van der Waals surface area contributed by atoms with E-state index in [1.807, 2.05) is 25.1 Å². The maximum absolute atomic E-state index is 11.6. The highest BCUT2D eigenvalue weighted by molar-refractivity contribution is 5.76. The predicted molar refractivity (Wildman–Crippen MR) is 67.1 cm³/mol. The van der Waals surface area contributed by atoms with Crippen molar-refractivity contribution in [2.75, 3.05) is 0 Å². The molecule has 1 unspecified atom stereocenters. The van der Waals surface area contributed by atoms with Gasteiger partial charge in [-0.1, -0.05) is 50.6 Å². The predicted octanol–water partition coefficient (Wildman–Crippen LogP) is 3.44. The average Bonchev–Trinajstić information content (AvgIpc) is 2.30. The summed E-state index contributed by atoms with van der Waals surface area (Å²) in [6, 6.07) is 10.4. The van der Waals surface area contributed by atoms with Crippen LogP contribution in [0.4, 0.5) is 0 Å². The molecule has 1 rings (SSSR count). The van der Waals surface area contributed by atoms with Gasteiger partial charge < -0.3 is 5.32 Å². The van der Waals surface area contributed by atoms with Crippen molar-refractivity contribution in [3.05, 3.63) is 35.9 Å². The van der Waals surface area contributed by atoms with Crippen LogP contribution in [0.5, 0.6) is 0 Å². The van der Waals surface area contributed by atoms with Gasteiger partial charge in [0.05, 0.1) is 6.04 Å². The molecular weight excluding hydrogens is 198 g/mol. The van der Waals surface area contributed by atoms with Crippen LogP contribution in [-0.2, 0) is 4.79 Å². The van der Waals surface area contributed by atoms with Crippen LogP contribution < -0.4 is 5.32 Å². The van der Waals surface area contributed by atoms with Gasteiger partial charge in [-0.3, -0.25) is 4.79 Å². The largest absolute Gasteiger partial charge is 0.349 e. The van der Waals surface area contributed by atoms with Gasteiger partial charge in [0.1, 0.15) is 0 Å². The molecule has 88 valence electrons. The Morgan fingerprint density at radius 2 is 1.88 bits per heavy atom. The Hall–Kier alpha value is -1.31. The van der Waals surface area contributed by atoms with E-state index < -0.39 is 0 Å². The normalized spacial score (nSPS) is 12.1. The van der Waals surface area contributed by atoms with E-state index in [9.17, 15) is 4.79 Å². The number of benzene rings is 1. The summed E-state index contributed by atoms with van der Waals surface area (Å²) in [4.78, 5) is 11.6. The van der Waals surface area contributed by atoms with Crippen LogP contribution in [0.3, 0.4) is 0 Å². The molecule has 0 saturated carbocycles. The number of carbonyl (C=O) groups excluding carboxylic acids is 1. The monoisotopic (exact) mass is 219 g/mol.